The summed E-state index contributed by atoms with van der Waals surface area (Å²) in [6, 6.07) is 7.34. The van der Waals surface area contributed by atoms with E-state index in [1.54, 1.807) is 12.1 Å². The Morgan fingerprint density at radius 3 is 2.27 bits per heavy atom. The molecular weight excluding hydrogens is 350 g/mol. The van der Waals surface area contributed by atoms with Crippen LogP contribution in [0.3, 0.4) is 0 Å². The quantitative estimate of drug-likeness (QED) is 0.718. The van der Waals surface area contributed by atoms with E-state index in [1.807, 2.05) is 32.9 Å². The Labute approximate surface area is 160 Å². The third-order valence-corrected chi connectivity index (χ3v) is 4.25. The summed E-state index contributed by atoms with van der Waals surface area (Å²) in [6.07, 6.45) is 0. The fraction of sp³-hybridized carbons (Fsp3) is 0.381. The number of halogens is 1. The second kappa shape index (κ2) is 8.45. The van der Waals surface area contributed by atoms with E-state index >= 15 is 0 Å². The fourth-order valence-corrected chi connectivity index (χ4v) is 3.07. The number of carbonyl (C=O) groups excluding carboxylic acids is 1. The first kappa shape index (κ1) is 20.1. The Morgan fingerprint density at radius 2 is 1.73 bits per heavy atom. The highest BCUT2D eigenvalue weighted by atomic mass is 35.5. The highest BCUT2D eigenvalue weighted by Gasteiger charge is 2.17. The zero-order chi connectivity index (χ0) is 19.4. The molecule has 0 fully saturated rings. The van der Waals surface area contributed by atoms with Gasteiger partial charge in [0.05, 0.1) is 18.7 Å². The third-order valence-electron chi connectivity index (χ3n) is 3.97. The maximum Gasteiger partial charge on any atom is 0.255 e. The van der Waals surface area contributed by atoms with Gasteiger partial charge in [0.1, 0.15) is 0 Å². The molecule has 0 radical (unpaired) electrons. The van der Waals surface area contributed by atoms with E-state index in [2.05, 4.69) is 19.2 Å². The van der Waals surface area contributed by atoms with Gasteiger partial charge < -0.3 is 14.8 Å². The van der Waals surface area contributed by atoms with E-state index < -0.39 is 0 Å². The summed E-state index contributed by atoms with van der Waals surface area (Å²) in [5, 5.41) is 3.33. The van der Waals surface area contributed by atoms with E-state index in [4.69, 9.17) is 21.1 Å². The Bertz CT molecular complexity index is 792. The maximum atomic E-state index is 12.7. The van der Waals surface area contributed by atoms with Crippen molar-refractivity contribution < 1.29 is 14.3 Å². The molecule has 1 N–H and O–H groups in total. The van der Waals surface area contributed by atoms with Gasteiger partial charge in [-0.2, -0.15) is 0 Å². The molecule has 0 bridgehead atoms. The summed E-state index contributed by atoms with van der Waals surface area (Å²) in [5.41, 5.74) is 4.44. The van der Waals surface area contributed by atoms with Gasteiger partial charge in [-0.15, -0.1) is 0 Å². The van der Waals surface area contributed by atoms with Crippen LogP contribution in [0.15, 0.2) is 24.3 Å². The first-order chi connectivity index (χ1) is 12.2. The van der Waals surface area contributed by atoms with Crippen LogP contribution in [0.4, 0.5) is 5.69 Å². The Hall–Kier alpha value is -2.20. The molecule has 140 valence electrons. The van der Waals surface area contributed by atoms with Gasteiger partial charge in [0.15, 0.2) is 11.5 Å². The molecule has 2 aromatic carbocycles. The summed E-state index contributed by atoms with van der Waals surface area (Å²) in [4.78, 5) is 12.7. The maximum absolute atomic E-state index is 12.7. The third kappa shape index (κ3) is 4.70. The van der Waals surface area contributed by atoms with Crippen molar-refractivity contribution in [3.8, 4) is 11.5 Å². The van der Waals surface area contributed by atoms with E-state index in [1.165, 1.54) is 7.11 Å². The van der Waals surface area contributed by atoms with Crippen LogP contribution < -0.4 is 14.8 Å². The molecule has 26 heavy (non-hydrogen) atoms. The van der Waals surface area contributed by atoms with E-state index in [0.29, 0.717) is 34.6 Å². The zero-order valence-corrected chi connectivity index (χ0v) is 17.0. The second-order valence-corrected chi connectivity index (χ2v) is 7.33. The van der Waals surface area contributed by atoms with Gasteiger partial charge in [0.2, 0.25) is 0 Å². The van der Waals surface area contributed by atoms with Crippen molar-refractivity contribution >= 4 is 23.2 Å². The summed E-state index contributed by atoms with van der Waals surface area (Å²) in [5.74, 6) is 1.02. The summed E-state index contributed by atoms with van der Waals surface area (Å²) in [7, 11) is 1.53. The molecule has 0 heterocycles. The lowest BCUT2D eigenvalue weighted by Gasteiger charge is -2.16. The van der Waals surface area contributed by atoms with E-state index in [0.717, 1.165) is 22.4 Å². The minimum atomic E-state index is -0.240. The number of hydrogen-bond acceptors (Lipinski definition) is 3. The molecule has 0 aliphatic carbocycles. The number of ether oxygens (including phenoxy) is 2. The van der Waals surface area contributed by atoms with Crippen molar-refractivity contribution in [3.05, 3.63) is 51.5 Å². The zero-order valence-electron chi connectivity index (χ0n) is 16.2. The van der Waals surface area contributed by atoms with Gasteiger partial charge in [-0.25, -0.2) is 0 Å². The smallest absolute Gasteiger partial charge is 0.255 e. The van der Waals surface area contributed by atoms with E-state index in [9.17, 15) is 4.79 Å². The lowest BCUT2D eigenvalue weighted by atomic mass is 10.0. The molecule has 0 spiro atoms. The normalized spacial score (nSPS) is 10.8. The van der Waals surface area contributed by atoms with Crippen molar-refractivity contribution in [2.75, 3.05) is 19.0 Å². The average Bonchev–Trinajstić information content (AvgIpc) is 2.55. The van der Waals surface area contributed by atoms with Gasteiger partial charge in [0, 0.05) is 11.3 Å². The highest BCUT2D eigenvalue weighted by Crippen LogP contribution is 2.37. The molecule has 0 atom stereocenters. The summed E-state index contributed by atoms with van der Waals surface area (Å²) < 4.78 is 11.1. The van der Waals surface area contributed by atoms with E-state index in [-0.39, 0.29) is 5.91 Å². The predicted octanol–water partition coefficient (Wildman–Crippen LogP) is 5.56. The monoisotopic (exact) mass is 375 g/mol. The van der Waals surface area contributed by atoms with Crippen LogP contribution in [-0.2, 0) is 0 Å². The van der Waals surface area contributed by atoms with Crippen molar-refractivity contribution in [1.82, 2.24) is 0 Å². The van der Waals surface area contributed by atoms with Crippen molar-refractivity contribution in [3.63, 3.8) is 0 Å². The molecule has 0 aliphatic heterocycles. The molecule has 0 saturated carbocycles. The van der Waals surface area contributed by atoms with Crippen LogP contribution >= 0.6 is 11.6 Å². The first-order valence-corrected chi connectivity index (χ1v) is 9.00. The number of rotatable bonds is 6. The van der Waals surface area contributed by atoms with Crippen LogP contribution in [0, 0.1) is 26.7 Å². The molecule has 4 nitrogen and oxygen atoms in total. The number of benzene rings is 2. The van der Waals surface area contributed by atoms with Gasteiger partial charge in [-0.3, -0.25) is 4.79 Å². The average molecular weight is 376 g/mol. The Kier molecular flexibility index (Phi) is 6.54. The Balaban J connectivity index is 2.31. The van der Waals surface area contributed by atoms with Gasteiger partial charge in [0.25, 0.3) is 5.91 Å². The lowest BCUT2D eigenvalue weighted by molar-refractivity contribution is 0.102. The number of carbonyl (C=O) groups is 1. The van der Waals surface area contributed by atoms with Crippen LogP contribution in [0.1, 0.15) is 40.9 Å². The molecule has 0 unspecified atom stereocenters. The SMILES string of the molecule is COc1cc(C(=O)Nc2c(C)cc(C)cc2C)cc(Cl)c1OCC(C)C. The number of anilines is 1. The molecule has 0 aromatic heterocycles. The van der Waals surface area contributed by atoms with Crippen LogP contribution in [-0.4, -0.2) is 19.6 Å². The molecular formula is C21H26ClNO3. The number of aryl methyl sites for hydroxylation is 3. The summed E-state index contributed by atoms with van der Waals surface area (Å²) >= 11 is 6.34. The summed E-state index contributed by atoms with van der Waals surface area (Å²) in [6.45, 7) is 10.6. The Morgan fingerprint density at radius 1 is 1.12 bits per heavy atom. The first-order valence-electron chi connectivity index (χ1n) is 8.62. The molecule has 5 heteroatoms. The minimum absolute atomic E-state index is 0.240. The highest BCUT2D eigenvalue weighted by molar-refractivity contribution is 6.32. The minimum Gasteiger partial charge on any atom is -0.493 e. The van der Waals surface area contributed by atoms with Crippen molar-refractivity contribution in [1.29, 1.82) is 0 Å². The number of hydrogen-bond donors (Lipinski definition) is 1. The van der Waals surface area contributed by atoms with Crippen LogP contribution in [0.25, 0.3) is 0 Å². The van der Waals surface area contributed by atoms with Gasteiger partial charge in [-0.1, -0.05) is 43.1 Å². The molecule has 0 aliphatic rings. The van der Waals surface area contributed by atoms with Crippen LogP contribution in [0.5, 0.6) is 11.5 Å². The molecule has 2 aromatic rings. The van der Waals surface area contributed by atoms with Crippen LogP contribution in [0.2, 0.25) is 5.02 Å². The number of amides is 1. The topological polar surface area (TPSA) is 47.6 Å². The second-order valence-electron chi connectivity index (χ2n) is 6.92. The standard InChI is InChI=1S/C21H26ClNO3/c1-12(2)11-26-20-17(22)9-16(10-18(20)25-6)21(24)23-19-14(4)7-13(3)8-15(19)5/h7-10,12H,11H2,1-6H3,(H,23,24). The van der Waals surface area contributed by atoms with Crippen molar-refractivity contribution in [2.45, 2.75) is 34.6 Å². The van der Waals surface area contributed by atoms with Crippen molar-refractivity contribution in [2.24, 2.45) is 5.92 Å². The number of nitrogens with one attached hydrogen (secondary N) is 1. The van der Waals surface area contributed by atoms with Gasteiger partial charge >= 0.3 is 0 Å². The molecule has 2 rings (SSSR count). The van der Waals surface area contributed by atoms with Gasteiger partial charge in [-0.05, 0) is 49.9 Å². The largest absolute Gasteiger partial charge is 0.493 e. The fourth-order valence-electron chi connectivity index (χ4n) is 2.80. The molecule has 1 amide bonds. The molecule has 0 saturated heterocycles. The number of methoxy groups -OCH3 is 1. The predicted molar refractivity (Wildman–Crippen MR) is 107 cm³/mol. The lowest BCUT2D eigenvalue weighted by Crippen LogP contribution is -2.14.